The molecule has 8 heteroatoms. The van der Waals surface area contributed by atoms with E-state index in [1.54, 1.807) is 12.1 Å². The first kappa shape index (κ1) is 24.6. The number of amides is 1. The Balaban J connectivity index is 1.69. The first-order chi connectivity index (χ1) is 15.7. The molecule has 0 aliphatic heterocycles. The number of carboxylic acid groups (broad SMARTS) is 1. The first-order valence-corrected chi connectivity index (χ1v) is 11.4. The van der Waals surface area contributed by atoms with Gasteiger partial charge in [-0.3, -0.25) is 9.59 Å². The average Bonchev–Trinajstić information content (AvgIpc) is 2.77. The monoisotopic (exact) mass is 484 g/mol. The molecule has 0 saturated heterocycles. The Kier molecular flexibility index (Phi) is 8.02. The van der Waals surface area contributed by atoms with Crippen LogP contribution in [0.2, 0.25) is 5.02 Å². The summed E-state index contributed by atoms with van der Waals surface area (Å²) in [6.07, 6.45) is -0.482. The van der Waals surface area contributed by atoms with E-state index in [-0.39, 0.29) is 0 Å². The number of carbonyl (C=O) groups excluding carboxylic acids is 1. The fourth-order valence-electron chi connectivity index (χ4n) is 3.21. The van der Waals surface area contributed by atoms with Crippen molar-refractivity contribution in [3.8, 4) is 5.75 Å². The molecule has 0 radical (unpaired) electrons. The Hall–Kier alpha value is -3.00. The van der Waals surface area contributed by atoms with Crippen LogP contribution in [-0.4, -0.2) is 29.6 Å². The van der Waals surface area contributed by atoms with Gasteiger partial charge in [0.15, 0.2) is 0 Å². The zero-order chi connectivity index (χ0) is 24.0. The van der Waals surface area contributed by atoms with Crippen molar-refractivity contribution in [3.05, 3.63) is 83.4 Å². The van der Waals surface area contributed by atoms with E-state index in [1.165, 1.54) is 30.6 Å². The molecule has 0 aliphatic carbocycles. The second-order valence-corrected chi connectivity index (χ2v) is 9.37. The summed E-state index contributed by atoms with van der Waals surface area (Å²) in [6, 6.07) is 23.0. The Morgan fingerprint density at radius 3 is 2.42 bits per heavy atom. The van der Waals surface area contributed by atoms with Crippen LogP contribution in [0.3, 0.4) is 0 Å². The minimum Gasteiger partial charge on any atom is -0.489 e. The summed E-state index contributed by atoms with van der Waals surface area (Å²) in [5, 5.41) is 9.36. The molecule has 0 bridgehead atoms. The molecule has 6 nitrogen and oxygen atoms in total. The average molecular weight is 485 g/mol. The number of nitrogens with zero attached hydrogens (tertiary/aromatic N) is 1. The van der Waals surface area contributed by atoms with Gasteiger partial charge in [-0.1, -0.05) is 59.8 Å². The van der Waals surface area contributed by atoms with Crippen molar-refractivity contribution in [1.29, 1.82) is 0 Å². The zero-order valence-corrected chi connectivity index (χ0v) is 19.9. The van der Waals surface area contributed by atoms with Crippen molar-refractivity contribution in [2.45, 2.75) is 35.3 Å². The number of aliphatic carboxylic acids is 1. The van der Waals surface area contributed by atoms with Gasteiger partial charge in [0, 0.05) is 16.8 Å². The summed E-state index contributed by atoms with van der Waals surface area (Å²) in [5.74, 6) is -0.914. The normalized spacial score (nSPS) is 12.6. The van der Waals surface area contributed by atoms with E-state index < -0.39 is 23.8 Å². The van der Waals surface area contributed by atoms with Gasteiger partial charge >= 0.3 is 5.97 Å². The van der Waals surface area contributed by atoms with E-state index in [1.807, 2.05) is 60.7 Å². The molecule has 0 unspecified atom stereocenters. The van der Waals surface area contributed by atoms with Gasteiger partial charge < -0.3 is 20.5 Å². The van der Waals surface area contributed by atoms with E-state index in [9.17, 15) is 9.59 Å². The number of likely N-dealkylation sites (N-methyl/N-ethyl adjacent to an activating group) is 1. The Morgan fingerprint density at radius 1 is 1.06 bits per heavy atom. The highest BCUT2D eigenvalue weighted by molar-refractivity contribution is 7.99. The molecule has 0 fully saturated rings. The van der Waals surface area contributed by atoms with Gasteiger partial charge in [-0.2, -0.15) is 0 Å². The van der Waals surface area contributed by atoms with Crippen LogP contribution in [0.15, 0.2) is 82.6 Å². The largest absolute Gasteiger partial charge is 0.489 e. The highest BCUT2D eigenvalue weighted by Crippen LogP contribution is 2.35. The Bertz CT molecular complexity index is 1140. The quantitative estimate of drug-likeness (QED) is 0.432. The minimum absolute atomic E-state index is 0.360. The topological polar surface area (TPSA) is 92.9 Å². The highest BCUT2D eigenvalue weighted by atomic mass is 35.5. The molecular formula is C25H25ClN2O4S. The second-order valence-electron chi connectivity index (χ2n) is 7.82. The molecule has 1 atom stereocenters. The summed E-state index contributed by atoms with van der Waals surface area (Å²) in [4.78, 5) is 26.8. The maximum atomic E-state index is 12.7. The lowest BCUT2D eigenvalue weighted by Crippen LogP contribution is -2.53. The second kappa shape index (κ2) is 10.7. The summed E-state index contributed by atoms with van der Waals surface area (Å²) in [7, 11) is 1.52. The molecule has 172 valence electrons. The number of carbonyl (C=O) groups is 2. The molecule has 3 aromatic rings. The molecular weight excluding hydrogens is 460 g/mol. The lowest BCUT2D eigenvalue weighted by Gasteiger charge is -2.28. The number of halogens is 1. The predicted octanol–water partition coefficient (Wildman–Crippen LogP) is 5.23. The maximum Gasteiger partial charge on any atom is 0.305 e. The van der Waals surface area contributed by atoms with Gasteiger partial charge in [0.05, 0.1) is 17.1 Å². The molecule has 0 heterocycles. The lowest BCUT2D eigenvalue weighted by atomic mass is 9.97. The van der Waals surface area contributed by atoms with Crippen LogP contribution < -0.4 is 15.4 Å². The number of rotatable bonds is 9. The molecule has 3 aromatic carbocycles. The Labute approximate surface area is 202 Å². The van der Waals surface area contributed by atoms with Crippen molar-refractivity contribution in [2.24, 2.45) is 5.73 Å². The summed E-state index contributed by atoms with van der Waals surface area (Å²) in [6.45, 7) is 1.88. The van der Waals surface area contributed by atoms with E-state index >= 15 is 0 Å². The van der Waals surface area contributed by atoms with Gasteiger partial charge in [-0.25, -0.2) is 0 Å². The van der Waals surface area contributed by atoms with Gasteiger partial charge in [-0.05, 0) is 48.9 Å². The van der Waals surface area contributed by atoms with Gasteiger partial charge in [0.25, 0.3) is 0 Å². The van der Waals surface area contributed by atoms with Crippen molar-refractivity contribution < 1.29 is 19.4 Å². The molecule has 0 saturated carbocycles. The number of benzene rings is 3. The molecule has 3 rings (SSSR count). The SMILES string of the molecule is CN(C(=O)[C@@](C)(N)CC(=O)O)c1ccc(Sc2cccc(OCc3ccccc3)c2)cc1Cl. The lowest BCUT2D eigenvalue weighted by molar-refractivity contribution is -0.140. The van der Waals surface area contributed by atoms with Gasteiger partial charge in [0.1, 0.15) is 17.9 Å². The first-order valence-electron chi connectivity index (χ1n) is 10.2. The number of hydrogen-bond acceptors (Lipinski definition) is 5. The van der Waals surface area contributed by atoms with E-state index in [0.29, 0.717) is 17.3 Å². The van der Waals surface area contributed by atoms with Crippen LogP contribution in [0, 0.1) is 0 Å². The number of ether oxygens (including phenoxy) is 1. The summed E-state index contributed by atoms with van der Waals surface area (Å²) < 4.78 is 5.89. The maximum absolute atomic E-state index is 12.7. The number of carboxylic acids is 1. The van der Waals surface area contributed by atoms with E-state index in [4.69, 9.17) is 27.2 Å². The zero-order valence-electron chi connectivity index (χ0n) is 18.3. The van der Waals surface area contributed by atoms with Gasteiger partial charge in [0.2, 0.25) is 5.91 Å². The summed E-state index contributed by atoms with van der Waals surface area (Å²) >= 11 is 7.96. The third-order valence-electron chi connectivity index (χ3n) is 4.88. The molecule has 33 heavy (non-hydrogen) atoms. The third kappa shape index (κ3) is 6.74. The van der Waals surface area contributed by atoms with E-state index in [0.717, 1.165) is 21.1 Å². The smallest absolute Gasteiger partial charge is 0.305 e. The molecule has 0 aliphatic rings. The van der Waals surface area contributed by atoms with Crippen LogP contribution in [0.1, 0.15) is 18.9 Å². The van der Waals surface area contributed by atoms with Crippen LogP contribution in [0.25, 0.3) is 0 Å². The molecule has 0 spiro atoms. The van der Waals surface area contributed by atoms with Gasteiger partial charge in [-0.15, -0.1) is 0 Å². The standard InChI is InChI=1S/C25H25ClN2O4S/c1-25(27,15-23(29)30)24(31)28(2)22-12-11-20(14-21(22)26)33-19-10-6-9-18(13-19)32-16-17-7-4-3-5-8-17/h3-14H,15-16,27H2,1-2H3,(H,29,30)/t25-/m0/s1. The predicted molar refractivity (Wildman–Crippen MR) is 131 cm³/mol. The van der Waals surface area contributed by atoms with E-state index in [2.05, 4.69) is 0 Å². The fourth-order valence-corrected chi connectivity index (χ4v) is 4.49. The Morgan fingerprint density at radius 2 is 1.76 bits per heavy atom. The molecule has 3 N–H and O–H groups in total. The van der Waals surface area contributed by atoms with Crippen LogP contribution in [0.4, 0.5) is 5.69 Å². The van der Waals surface area contributed by atoms with Crippen molar-refractivity contribution in [3.63, 3.8) is 0 Å². The fraction of sp³-hybridized carbons (Fsp3) is 0.200. The molecule has 1 amide bonds. The van der Waals surface area contributed by atoms with Crippen molar-refractivity contribution in [1.82, 2.24) is 0 Å². The van der Waals surface area contributed by atoms with Crippen LogP contribution in [0.5, 0.6) is 5.75 Å². The minimum atomic E-state index is -1.54. The number of hydrogen-bond donors (Lipinski definition) is 2. The third-order valence-corrected chi connectivity index (χ3v) is 6.16. The number of anilines is 1. The van der Waals surface area contributed by atoms with Crippen LogP contribution >= 0.6 is 23.4 Å². The molecule has 0 aromatic heterocycles. The van der Waals surface area contributed by atoms with Crippen molar-refractivity contribution >= 4 is 40.9 Å². The van der Waals surface area contributed by atoms with Crippen molar-refractivity contribution in [2.75, 3.05) is 11.9 Å². The highest BCUT2D eigenvalue weighted by Gasteiger charge is 2.34. The van der Waals surface area contributed by atoms with Crippen LogP contribution in [-0.2, 0) is 16.2 Å². The summed E-state index contributed by atoms with van der Waals surface area (Å²) in [5.41, 5.74) is 5.93. The number of nitrogens with two attached hydrogens (primary N) is 1.